The molecule has 8 nitrogen and oxygen atoms in total. The van der Waals surface area contributed by atoms with Crippen molar-refractivity contribution >= 4 is 22.5 Å². The van der Waals surface area contributed by atoms with Crippen LogP contribution in [-0.2, 0) is 0 Å². The number of nitriles is 1. The van der Waals surface area contributed by atoms with E-state index in [1.54, 1.807) is 47.0 Å². The lowest BCUT2D eigenvalue weighted by molar-refractivity contribution is 0.426. The Morgan fingerprint density at radius 1 is 1.03 bits per heavy atom. The number of hydrogen-bond donors (Lipinski definition) is 2. The summed E-state index contributed by atoms with van der Waals surface area (Å²) in [6.07, 6.45) is 1.29. The smallest absolute Gasteiger partial charge is 0.219 e. The van der Waals surface area contributed by atoms with Gasteiger partial charge in [-0.3, -0.25) is 0 Å². The Labute approximate surface area is 193 Å². The molecule has 9 heteroatoms. The van der Waals surface area contributed by atoms with E-state index in [9.17, 15) is 5.26 Å². The molecule has 166 valence electrons. The summed E-state index contributed by atoms with van der Waals surface area (Å²) in [7, 11) is 0. The van der Waals surface area contributed by atoms with Crippen molar-refractivity contribution in [2.24, 2.45) is 0 Å². The quantitative estimate of drug-likeness (QED) is 0.377. The zero-order valence-electron chi connectivity index (χ0n) is 18.0. The van der Waals surface area contributed by atoms with E-state index in [0.29, 0.717) is 39.2 Å². The van der Waals surface area contributed by atoms with Crippen molar-refractivity contribution in [2.75, 3.05) is 11.5 Å². The number of nitrogens with two attached hydrogens (primary N) is 2. The molecule has 0 bridgehead atoms. The van der Waals surface area contributed by atoms with Gasteiger partial charge in [-0.2, -0.15) is 5.26 Å². The zero-order chi connectivity index (χ0) is 23.8. The minimum absolute atomic E-state index is 0.0112. The Morgan fingerprint density at radius 3 is 2.53 bits per heavy atom. The number of ether oxygens (including phenoxy) is 1. The van der Waals surface area contributed by atoms with Crippen LogP contribution in [0.2, 0.25) is 0 Å². The molecule has 0 aliphatic heterocycles. The van der Waals surface area contributed by atoms with Crippen molar-refractivity contribution in [3.05, 3.63) is 84.1 Å². The van der Waals surface area contributed by atoms with E-state index in [2.05, 4.69) is 21.0 Å². The highest BCUT2D eigenvalue weighted by Crippen LogP contribution is 2.38. The predicted molar refractivity (Wildman–Crippen MR) is 127 cm³/mol. The number of aryl methyl sites for hydroxylation is 1. The Morgan fingerprint density at radius 2 is 1.82 bits per heavy atom. The van der Waals surface area contributed by atoms with Crippen LogP contribution in [0.3, 0.4) is 0 Å². The Balaban J connectivity index is 1.72. The summed E-state index contributed by atoms with van der Waals surface area (Å²) in [6, 6.07) is 18.9. The van der Waals surface area contributed by atoms with E-state index >= 15 is 4.39 Å². The molecule has 0 unspecified atom stereocenters. The standard InChI is InChI=1S/C25H18FN7O/c1-14-3-2-4-21(32-14)34-20-10-9-17(11-19(20)26)33-23(15-5-7-16(28)8-6-15)18(12-27)22-24(33)25(29)31-13-30-22/h2-11,13H,28H2,1H3,(H2,29,30,31). The molecule has 3 heterocycles. The van der Waals surface area contributed by atoms with Crippen LogP contribution in [0, 0.1) is 24.1 Å². The number of pyridine rings is 1. The minimum atomic E-state index is -0.611. The first-order valence-electron chi connectivity index (χ1n) is 10.3. The Kier molecular flexibility index (Phi) is 5.03. The summed E-state index contributed by atoms with van der Waals surface area (Å²) in [5.41, 5.74) is 16.0. The molecule has 2 aromatic carbocycles. The van der Waals surface area contributed by atoms with Gasteiger partial charge in [0.2, 0.25) is 5.88 Å². The first-order valence-corrected chi connectivity index (χ1v) is 10.3. The highest BCUT2D eigenvalue weighted by molar-refractivity contribution is 5.98. The molecule has 4 N–H and O–H groups in total. The summed E-state index contributed by atoms with van der Waals surface area (Å²) in [5.74, 6) is -0.158. The number of aromatic nitrogens is 4. The van der Waals surface area contributed by atoms with Gasteiger partial charge >= 0.3 is 0 Å². The summed E-state index contributed by atoms with van der Waals surface area (Å²) >= 11 is 0. The van der Waals surface area contributed by atoms with Crippen LogP contribution in [0.15, 0.2) is 67.0 Å². The molecule has 0 atom stereocenters. The summed E-state index contributed by atoms with van der Waals surface area (Å²) < 4.78 is 22.5. The van der Waals surface area contributed by atoms with Crippen molar-refractivity contribution in [2.45, 2.75) is 6.92 Å². The molecule has 0 aliphatic carbocycles. The number of hydrogen-bond acceptors (Lipinski definition) is 7. The van der Waals surface area contributed by atoms with Crippen molar-refractivity contribution in [1.82, 2.24) is 19.5 Å². The maximum absolute atomic E-state index is 15.2. The van der Waals surface area contributed by atoms with E-state index in [1.807, 2.05) is 13.0 Å². The first-order chi connectivity index (χ1) is 16.5. The molecule has 0 spiro atoms. The fraction of sp³-hybridized carbons (Fsp3) is 0.0400. The van der Waals surface area contributed by atoms with Crippen molar-refractivity contribution in [3.63, 3.8) is 0 Å². The van der Waals surface area contributed by atoms with Crippen LogP contribution in [0.1, 0.15) is 11.3 Å². The second-order valence-electron chi connectivity index (χ2n) is 7.58. The molecule has 5 aromatic rings. The zero-order valence-corrected chi connectivity index (χ0v) is 18.0. The van der Waals surface area contributed by atoms with E-state index in [1.165, 1.54) is 18.5 Å². The normalized spacial score (nSPS) is 10.9. The third-order valence-corrected chi connectivity index (χ3v) is 5.32. The molecule has 0 amide bonds. The topological polar surface area (TPSA) is 129 Å². The van der Waals surface area contributed by atoms with Gasteiger partial charge in [0.15, 0.2) is 17.4 Å². The van der Waals surface area contributed by atoms with Crippen LogP contribution in [0.5, 0.6) is 11.6 Å². The van der Waals surface area contributed by atoms with Crippen molar-refractivity contribution in [1.29, 1.82) is 5.26 Å². The van der Waals surface area contributed by atoms with Gasteiger partial charge in [-0.05, 0) is 37.3 Å². The molecule has 0 fully saturated rings. The average Bonchev–Trinajstić information content (AvgIpc) is 3.16. The minimum Gasteiger partial charge on any atom is -0.436 e. The largest absolute Gasteiger partial charge is 0.436 e. The number of nitrogen functional groups attached to an aromatic ring is 2. The summed E-state index contributed by atoms with van der Waals surface area (Å²) in [6.45, 7) is 1.82. The van der Waals surface area contributed by atoms with Gasteiger partial charge in [0.25, 0.3) is 0 Å². The van der Waals surface area contributed by atoms with Crippen molar-refractivity contribution < 1.29 is 9.13 Å². The van der Waals surface area contributed by atoms with Crippen LogP contribution in [0.25, 0.3) is 28.0 Å². The Bertz CT molecular complexity index is 1590. The lowest BCUT2D eigenvalue weighted by Crippen LogP contribution is -2.02. The fourth-order valence-electron chi connectivity index (χ4n) is 3.81. The van der Waals surface area contributed by atoms with Crippen LogP contribution < -0.4 is 16.2 Å². The highest BCUT2D eigenvalue weighted by Gasteiger charge is 2.24. The lowest BCUT2D eigenvalue weighted by atomic mass is 10.1. The molecule has 3 aromatic heterocycles. The van der Waals surface area contributed by atoms with Gasteiger partial charge in [0.05, 0.1) is 5.69 Å². The second kappa shape index (κ2) is 8.18. The van der Waals surface area contributed by atoms with E-state index in [4.69, 9.17) is 16.2 Å². The summed E-state index contributed by atoms with van der Waals surface area (Å²) in [4.78, 5) is 12.6. The third-order valence-electron chi connectivity index (χ3n) is 5.32. The number of halogens is 1. The average molecular weight is 451 g/mol. The van der Waals surface area contributed by atoms with E-state index in [-0.39, 0.29) is 17.4 Å². The SMILES string of the molecule is Cc1cccc(Oc2ccc(-n3c(-c4ccc(N)cc4)c(C#N)c4ncnc(N)c43)cc2F)n1. The van der Waals surface area contributed by atoms with Crippen LogP contribution >= 0.6 is 0 Å². The lowest BCUT2D eigenvalue weighted by Gasteiger charge is -2.14. The van der Waals surface area contributed by atoms with Crippen LogP contribution in [-0.4, -0.2) is 19.5 Å². The first kappa shape index (κ1) is 20.9. The second-order valence-corrected chi connectivity index (χ2v) is 7.58. The number of fused-ring (bicyclic) bond motifs is 1. The van der Waals surface area contributed by atoms with E-state index < -0.39 is 5.82 Å². The monoisotopic (exact) mass is 451 g/mol. The molecule has 0 aliphatic rings. The molecule has 0 radical (unpaired) electrons. The number of rotatable bonds is 4. The highest BCUT2D eigenvalue weighted by atomic mass is 19.1. The maximum Gasteiger partial charge on any atom is 0.219 e. The van der Waals surface area contributed by atoms with Gasteiger partial charge in [0, 0.05) is 34.8 Å². The molecule has 0 saturated carbocycles. The van der Waals surface area contributed by atoms with Crippen LogP contribution in [0.4, 0.5) is 15.9 Å². The molecule has 34 heavy (non-hydrogen) atoms. The molecule has 5 rings (SSSR count). The third kappa shape index (κ3) is 3.53. The maximum atomic E-state index is 15.2. The molecular formula is C25H18FN7O. The van der Waals surface area contributed by atoms with Gasteiger partial charge in [-0.25, -0.2) is 19.3 Å². The molecule has 0 saturated heterocycles. The number of nitrogens with zero attached hydrogens (tertiary/aromatic N) is 5. The van der Waals surface area contributed by atoms with Gasteiger partial charge in [-0.1, -0.05) is 18.2 Å². The van der Waals surface area contributed by atoms with Gasteiger partial charge < -0.3 is 20.8 Å². The molecular weight excluding hydrogens is 433 g/mol. The van der Waals surface area contributed by atoms with Gasteiger partial charge in [0.1, 0.15) is 29.0 Å². The fourth-order valence-corrected chi connectivity index (χ4v) is 3.81. The Hall–Kier alpha value is -4.97. The number of benzene rings is 2. The van der Waals surface area contributed by atoms with Gasteiger partial charge in [-0.15, -0.1) is 0 Å². The summed E-state index contributed by atoms with van der Waals surface area (Å²) in [5, 5.41) is 9.98. The number of anilines is 2. The predicted octanol–water partition coefficient (Wildman–Crippen LogP) is 4.76. The van der Waals surface area contributed by atoms with E-state index in [0.717, 1.165) is 5.69 Å². The van der Waals surface area contributed by atoms with Crippen molar-refractivity contribution in [3.8, 4) is 34.6 Å².